The summed E-state index contributed by atoms with van der Waals surface area (Å²) < 4.78 is 0.934. The quantitative estimate of drug-likeness (QED) is 0.764. The summed E-state index contributed by atoms with van der Waals surface area (Å²) in [6, 6.07) is 15.3. The molecule has 0 aromatic heterocycles. The summed E-state index contributed by atoms with van der Waals surface area (Å²) in [6.07, 6.45) is 2.45. The summed E-state index contributed by atoms with van der Waals surface area (Å²) in [5.41, 5.74) is 2.28. The zero-order valence-electron chi connectivity index (χ0n) is 16.3. The zero-order chi connectivity index (χ0) is 20.1. The molecule has 1 aliphatic heterocycles. The van der Waals surface area contributed by atoms with E-state index in [4.69, 9.17) is 0 Å². The average Bonchev–Trinajstić information content (AvgIpc) is 2.70. The molecule has 2 aromatic carbocycles. The first-order valence-electron chi connectivity index (χ1n) is 9.52. The molecule has 0 bridgehead atoms. The minimum absolute atomic E-state index is 0.153. The SMILES string of the molecule is CN(C)C1CCN(C(=O)Cc2ccc(NC(=O)c3ccc(Br)cc3)cc2)CC1. The fourth-order valence-electron chi connectivity index (χ4n) is 3.43. The molecule has 1 aliphatic rings. The van der Waals surface area contributed by atoms with Gasteiger partial charge in [0, 0.05) is 34.9 Å². The second-order valence-electron chi connectivity index (χ2n) is 7.41. The van der Waals surface area contributed by atoms with Crippen LogP contribution in [-0.2, 0) is 11.2 Å². The second kappa shape index (κ2) is 9.34. The molecule has 3 rings (SSSR count). The highest BCUT2D eigenvalue weighted by atomic mass is 79.9. The minimum atomic E-state index is -0.153. The normalized spacial score (nSPS) is 14.9. The van der Waals surface area contributed by atoms with Crippen molar-refractivity contribution in [2.24, 2.45) is 0 Å². The minimum Gasteiger partial charge on any atom is -0.342 e. The molecule has 1 N–H and O–H groups in total. The lowest BCUT2D eigenvalue weighted by atomic mass is 10.0. The van der Waals surface area contributed by atoms with Crippen LogP contribution in [0.2, 0.25) is 0 Å². The van der Waals surface area contributed by atoms with E-state index in [9.17, 15) is 9.59 Å². The summed E-state index contributed by atoms with van der Waals surface area (Å²) in [5.74, 6) is 0.0175. The third-order valence-corrected chi connectivity index (χ3v) is 5.75. The van der Waals surface area contributed by atoms with Gasteiger partial charge in [-0.1, -0.05) is 28.1 Å². The number of carbonyl (C=O) groups excluding carboxylic acids is 2. The van der Waals surface area contributed by atoms with Crippen LogP contribution in [0, 0.1) is 0 Å². The number of nitrogens with one attached hydrogen (secondary N) is 1. The first-order valence-corrected chi connectivity index (χ1v) is 10.3. The van der Waals surface area contributed by atoms with Crippen molar-refractivity contribution < 1.29 is 9.59 Å². The van der Waals surface area contributed by atoms with E-state index in [-0.39, 0.29) is 11.8 Å². The number of hydrogen-bond donors (Lipinski definition) is 1. The molecule has 0 aliphatic carbocycles. The molecule has 1 heterocycles. The van der Waals surface area contributed by atoms with E-state index >= 15 is 0 Å². The summed E-state index contributed by atoms with van der Waals surface area (Å²) in [4.78, 5) is 29.0. The number of amides is 2. The van der Waals surface area contributed by atoms with Crippen LogP contribution in [0.3, 0.4) is 0 Å². The molecule has 0 saturated carbocycles. The van der Waals surface area contributed by atoms with Crippen molar-refractivity contribution in [1.29, 1.82) is 0 Å². The van der Waals surface area contributed by atoms with Gasteiger partial charge in [-0.15, -0.1) is 0 Å². The van der Waals surface area contributed by atoms with E-state index in [2.05, 4.69) is 40.2 Å². The molecule has 1 saturated heterocycles. The van der Waals surface area contributed by atoms with Crippen molar-refractivity contribution in [3.63, 3.8) is 0 Å². The highest BCUT2D eigenvalue weighted by molar-refractivity contribution is 9.10. The Hall–Kier alpha value is -2.18. The summed E-state index contributed by atoms with van der Waals surface area (Å²) >= 11 is 3.36. The predicted octanol–water partition coefficient (Wildman–Crippen LogP) is 3.80. The monoisotopic (exact) mass is 443 g/mol. The van der Waals surface area contributed by atoms with Gasteiger partial charge in [-0.05, 0) is 68.9 Å². The van der Waals surface area contributed by atoms with E-state index in [1.54, 1.807) is 12.1 Å². The Balaban J connectivity index is 1.52. The molecule has 6 heteroatoms. The van der Waals surface area contributed by atoms with Crippen LogP contribution in [0.1, 0.15) is 28.8 Å². The first-order chi connectivity index (χ1) is 13.4. The molecular formula is C22H26BrN3O2. The largest absolute Gasteiger partial charge is 0.342 e. The topological polar surface area (TPSA) is 52.6 Å². The van der Waals surface area contributed by atoms with Crippen LogP contribution < -0.4 is 5.32 Å². The number of likely N-dealkylation sites (tertiary alicyclic amines) is 1. The number of hydrogen-bond acceptors (Lipinski definition) is 3. The van der Waals surface area contributed by atoms with Crippen molar-refractivity contribution in [2.45, 2.75) is 25.3 Å². The number of halogens is 1. The van der Waals surface area contributed by atoms with Crippen LogP contribution in [0.15, 0.2) is 53.0 Å². The Morgan fingerprint density at radius 3 is 2.21 bits per heavy atom. The Morgan fingerprint density at radius 2 is 1.64 bits per heavy atom. The highest BCUT2D eigenvalue weighted by Gasteiger charge is 2.23. The van der Waals surface area contributed by atoms with E-state index in [1.807, 2.05) is 41.3 Å². The number of rotatable bonds is 5. The van der Waals surface area contributed by atoms with Crippen LogP contribution >= 0.6 is 15.9 Å². The predicted molar refractivity (Wildman–Crippen MR) is 116 cm³/mol. The van der Waals surface area contributed by atoms with Gasteiger partial charge in [0.1, 0.15) is 0 Å². The Morgan fingerprint density at radius 1 is 1.04 bits per heavy atom. The third kappa shape index (κ3) is 5.42. The third-order valence-electron chi connectivity index (χ3n) is 5.22. The Bertz CT molecular complexity index is 811. The molecule has 2 amide bonds. The van der Waals surface area contributed by atoms with Gasteiger partial charge in [0.15, 0.2) is 0 Å². The second-order valence-corrected chi connectivity index (χ2v) is 8.33. The summed E-state index contributed by atoms with van der Waals surface area (Å²) in [7, 11) is 4.19. The van der Waals surface area contributed by atoms with Crippen molar-refractivity contribution in [3.05, 3.63) is 64.1 Å². The standard InChI is InChI=1S/C22H26BrN3O2/c1-25(2)20-11-13-26(14-12-20)21(27)15-16-3-9-19(10-4-16)24-22(28)17-5-7-18(23)8-6-17/h3-10,20H,11-15H2,1-2H3,(H,24,28). The highest BCUT2D eigenvalue weighted by Crippen LogP contribution is 2.17. The maximum Gasteiger partial charge on any atom is 0.255 e. The van der Waals surface area contributed by atoms with Gasteiger partial charge < -0.3 is 15.1 Å². The van der Waals surface area contributed by atoms with Gasteiger partial charge in [-0.3, -0.25) is 9.59 Å². The number of anilines is 1. The van der Waals surface area contributed by atoms with Gasteiger partial charge in [0.05, 0.1) is 6.42 Å². The van der Waals surface area contributed by atoms with E-state index < -0.39 is 0 Å². The molecule has 0 spiro atoms. The molecule has 0 radical (unpaired) electrons. The molecule has 148 valence electrons. The lowest BCUT2D eigenvalue weighted by Gasteiger charge is -2.35. The molecular weight excluding hydrogens is 418 g/mol. The number of benzene rings is 2. The van der Waals surface area contributed by atoms with Crippen molar-refractivity contribution in [1.82, 2.24) is 9.80 Å². The number of nitrogens with zero attached hydrogens (tertiary/aromatic N) is 2. The van der Waals surface area contributed by atoms with E-state index in [0.717, 1.165) is 41.7 Å². The average molecular weight is 444 g/mol. The molecule has 0 atom stereocenters. The van der Waals surface area contributed by atoms with E-state index in [1.165, 1.54) is 0 Å². The molecule has 1 fully saturated rings. The van der Waals surface area contributed by atoms with Crippen LogP contribution in [0.4, 0.5) is 5.69 Å². The van der Waals surface area contributed by atoms with Crippen LogP contribution in [-0.4, -0.2) is 54.8 Å². The maximum atomic E-state index is 12.6. The number of piperidine rings is 1. The van der Waals surface area contributed by atoms with Crippen molar-refractivity contribution in [2.75, 3.05) is 32.5 Å². The molecule has 2 aromatic rings. The van der Waals surface area contributed by atoms with Gasteiger partial charge in [-0.25, -0.2) is 0 Å². The van der Waals surface area contributed by atoms with Crippen LogP contribution in [0.25, 0.3) is 0 Å². The fourth-order valence-corrected chi connectivity index (χ4v) is 3.69. The fraction of sp³-hybridized carbons (Fsp3) is 0.364. The van der Waals surface area contributed by atoms with Gasteiger partial charge in [-0.2, -0.15) is 0 Å². The Kier molecular flexibility index (Phi) is 6.86. The smallest absolute Gasteiger partial charge is 0.255 e. The van der Waals surface area contributed by atoms with E-state index in [0.29, 0.717) is 18.0 Å². The summed E-state index contributed by atoms with van der Waals surface area (Å²) in [6.45, 7) is 1.64. The molecule has 0 unspecified atom stereocenters. The number of carbonyl (C=O) groups is 2. The lowest BCUT2D eigenvalue weighted by molar-refractivity contribution is -0.131. The van der Waals surface area contributed by atoms with Gasteiger partial charge in [0.2, 0.25) is 5.91 Å². The van der Waals surface area contributed by atoms with Crippen molar-refractivity contribution >= 4 is 33.4 Å². The van der Waals surface area contributed by atoms with Crippen molar-refractivity contribution in [3.8, 4) is 0 Å². The Labute approximate surface area is 174 Å². The molecule has 28 heavy (non-hydrogen) atoms. The lowest BCUT2D eigenvalue weighted by Crippen LogP contribution is -2.44. The summed E-state index contributed by atoms with van der Waals surface area (Å²) in [5, 5.41) is 2.88. The first kappa shape index (κ1) is 20.6. The van der Waals surface area contributed by atoms with Crippen LogP contribution in [0.5, 0.6) is 0 Å². The molecule has 5 nitrogen and oxygen atoms in total. The maximum absolute atomic E-state index is 12.6. The van der Waals surface area contributed by atoms with Gasteiger partial charge in [0.25, 0.3) is 5.91 Å². The zero-order valence-corrected chi connectivity index (χ0v) is 17.9. The van der Waals surface area contributed by atoms with Gasteiger partial charge >= 0.3 is 0 Å².